The number of hydrogen-bond donors (Lipinski definition) is 2. The predicted molar refractivity (Wildman–Crippen MR) is 137 cm³/mol. The standard InChI is InChI=1S/C27H25N5O4/c1-15-8-9-18(10-22(15)36-17(3)33)30-27-19-11-23(34-4)24(12-21(19)28-14-29-27)35-13-25-31-20-7-5-6-16(2)26(20)32-25/h5-12,14H,13H2,1-4H3,(H,31,32)(H,28,29,30). The van der Waals surface area contributed by atoms with Gasteiger partial charge in [-0.05, 0) is 43.2 Å². The van der Waals surface area contributed by atoms with Crippen LogP contribution in [-0.2, 0) is 11.4 Å². The number of aryl methyl sites for hydroxylation is 2. The van der Waals surface area contributed by atoms with Crippen molar-refractivity contribution in [1.29, 1.82) is 0 Å². The fourth-order valence-corrected chi connectivity index (χ4v) is 3.96. The van der Waals surface area contributed by atoms with E-state index in [1.165, 1.54) is 13.3 Å². The number of imidazole rings is 1. The van der Waals surface area contributed by atoms with Gasteiger partial charge in [0.2, 0.25) is 0 Å². The van der Waals surface area contributed by atoms with Crippen molar-refractivity contribution >= 4 is 39.4 Å². The molecule has 5 rings (SSSR count). The van der Waals surface area contributed by atoms with Crippen LogP contribution >= 0.6 is 0 Å². The van der Waals surface area contributed by atoms with E-state index in [0.29, 0.717) is 28.6 Å². The average molecular weight is 484 g/mol. The van der Waals surface area contributed by atoms with Gasteiger partial charge in [-0.15, -0.1) is 0 Å². The largest absolute Gasteiger partial charge is 0.493 e. The van der Waals surface area contributed by atoms with E-state index >= 15 is 0 Å². The summed E-state index contributed by atoms with van der Waals surface area (Å²) >= 11 is 0. The number of ether oxygens (including phenoxy) is 3. The van der Waals surface area contributed by atoms with Gasteiger partial charge in [0.1, 0.15) is 30.3 Å². The third-order valence-electron chi connectivity index (χ3n) is 5.75. The number of H-pyrrole nitrogens is 1. The summed E-state index contributed by atoms with van der Waals surface area (Å²) in [6.07, 6.45) is 1.48. The molecule has 5 aromatic rings. The minimum absolute atomic E-state index is 0.245. The van der Waals surface area contributed by atoms with Gasteiger partial charge in [0, 0.05) is 30.1 Å². The summed E-state index contributed by atoms with van der Waals surface area (Å²) < 4.78 is 17.0. The van der Waals surface area contributed by atoms with Gasteiger partial charge in [0.25, 0.3) is 0 Å². The average Bonchev–Trinajstić information content (AvgIpc) is 3.29. The molecule has 2 heterocycles. The first-order chi connectivity index (χ1) is 17.4. The van der Waals surface area contributed by atoms with Crippen LogP contribution in [0.3, 0.4) is 0 Å². The van der Waals surface area contributed by atoms with Crippen molar-refractivity contribution in [3.8, 4) is 17.2 Å². The second-order valence-corrected chi connectivity index (χ2v) is 8.38. The third kappa shape index (κ3) is 4.63. The van der Waals surface area contributed by atoms with E-state index in [9.17, 15) is 4.79 Å². The lowest BCUT2D eigenvalue weighted by Crippen LogP contribution is -2.04. The number of aromatic nitrogens is 4. The Bertz CT molecular complexity index is 1590. The van der Waals surface area contributed by atoms with Crippen molar-refractivity contribution in [2.75, 3.05) is 12.4 Å². The molecule has 0 amide bonds. The number of aromatic amines is 1. The van der Waals surface area contributed by atoms with Gasteiger partial charge in [-0.2, -0.15) is 0 Å². The van der Waals surface area contributed by atoms with Crippen molar-refractivity contribution in [3.63, 3.8) is 0 Å². The number of anilines is 2. The molecule has 3 aromatic carbocycles. The van der Waals surface area contributed by atoms with Gasteiger partial charge in [0.15, 0.2) is 11.5 Å². The van der Waals surface area contributed by atoms with Crippen LogP contribution in [0.2, 0.25) is 0 Å². The van der Waals surface area contributed by atoms with E-state index in [-0.39, 0.29) is 12.6 Å². The molecular weight excluding hydrogens is 458 g/mol. The summed E-state index contributed by atoms with van der Waals surface area (Å²) in [5, 5.41) is 4.03. The predicted octanol–water partition coefficient (Wildman–Crippen LogP) is 5.38. The first kappa shape index (κ1) is 23.1. The molecule has 2 aromatic heterocycles. The Balaban J connectivity index is 1.43. The molecule has 9 nitrogen and oxygen atoms in total. The number of nitrogens with one attached hydrogen (secondary N) is 2. The summed E-state index contributed by atoms with van der Waals surface area (Å²) in [5.74, 6) is 2.49. The summed E-state index contributed by atoms with van der Waals surface area (Å²) in [4.78, 5) is 28.2. The Morgan fingerprint density at radius 1 is 1.00 bits per heavy atom. The SMILES string of the molecule is COc1cc2c(Nc3ccc(C)c(OC(C)=O)c3)ncnc2cc1OCc1nc2c(C)cccc2[nH]1. The zero-order valence-electron chi connectivity index (χ0n) is 20.4. The highest BCUT2D eigenvalue weighted by Crippen LogP contribution is 2.35. The van der Waals surface area contributed by atoms with E-state index in [2.05, 4.69) is 25.3 Å². The highest BCUT2D eigenvalue weighted by Gasteiger charge is 2.14. The maximum Gasteiger partial charge on any atom is 0.308 e. The van der Waals surface area contributed by atoms with Crippen LogP contribution in [-0.4, -0.2) is 33.0 Å². The van der Waals surface area contributed by atoms with Crippen LogP contribution in [0.5, 0.6) is 17.2 Å². The van der Waals surface area contributed by atoms with Crippen molar-refractivity contribution in [1.82, 2.24) is 19.9 Å². The Hall–Kier alpha value is -4.66. The summed E-state index contributed by atoms with van der Waals surface area (Å²) in [7, 11) is 1.58. The van der Waals surface area contributed by atoms with Crippen molar-refractivity contribution in [3.05, 3.63) is 71.8 Å². The first-order valence-electron chi connectivity index (χ1n) is 11.4. The van der Waals surface area contributed by atoms with Gasteiger partial charge >= 0.3 is 5.97 Å². The van der Waals surface area contributed by atoms with E-state index in [4.69, 9.17) is 14.2 Å². The number of nitrogens with zero attached hydrogens (tertiary/aromatic N) is 3. The van der Waals surface area contributed by atoms with Gasteiger partial charge in [-0.1, -0.05) is 18.2 Å². The zero-order chi connectivity index (χ0) is 25.2. The molecule has 0 atom stereocenters. The minimum atomic E-state index is -0.377. The molecule has 0 fully saturated rings. The van der Waals surface area contributed by atoms with Crippen LogP contribution in [0.1, 0.15) is 23.9 Å². The second kappa shape index (κ2) is 9.53. The lowest BCUT2D eigenvalue weighted by atomic mass is 10.1. The van der Waals surface area contributed by atoms with Crippen LogP contribution in [0.4, 0.5) is 11.5 Å². The maximum absolute atomic E-state index is 11.4. The van der Waals surface area contributed by atoms with Crippen LogP contribution < -0.4 is 19.5 Å². The summed E-state index contributed by atoms with van der Waals surface area (Å²) in [6.45, 7) is 5.52. The van der Waals surface area contributed by atoms with Gasteiger partial charge in [-0.25, -0.2) is 15.0 Å². The Labute approximate surface area is 207 Å². The molecule has 0 saturated heterocycles. The van der Waals surface area contributed by atoms with E-state index < -0.39 is 0 Å². The normalized spacial score (nSPS) is 11.0. The second-order valence-electron chi connectivity index (χ2n) is 8.38. The van der Waals surface area contributed by atoms with Crippen molar-refractivity contribution in [2.45, 2.75) is 27.4 Å². The molecule has 0 aliphatic heterocycles. The highest BCUT2D eigenvalue weighted by atomic mass is 16.5. The number of para-hydroxylation sites is 1. The van der Waals surface area contributed by atoms with Crippen LogP contribution in [0.25, 0.3) is 21.9 Å². The smallest absolute Gasteiger partial charge is 0.308 e. The molecule has 0 aliphatic rings. The van der Waals surface area contributed by atoms with Crippen LogP contribution in [0.15, 0.2) is 54.9 Å². The minimum Gasteiger partial charge on any atom is -0.493 e. The zero-order valence-corrected chi connectivity index (χ0v) is 20.4. The lowest BCUT2D eigenvalue weighted by Gasteiger charge is -2.14. The number of benzene rings is 3. The number of rotatable bonds is 7. The molecule has 36 heavy (non-hydrogen) atoms. The molecule has 0 radical (unpaired) electrons. The molecule has 2 N–H and O–H groups in total. The molecule has 0 saturated carbocycles. The molecule has 182 valence electrons. The highest BCUT2D eigenvalue weighted by molar-refractivity contribution is 5.93. The van der Waals surface area contributed by atoms with E-state index in [0.717, 1.165) is 39.1 Å². The van der Waals surface area contributed by atoms with Gasteiger partial charge < -0.3 is 24.5 Å². The topological polar surface area (TPSA) is 111 Å². The quantitative estimate of drug-likeness (QED) is 0.234. The Kier molecular flexibility index (Phi) is 6.12. The monoisotopic (exact) mass is 483 g/mol. The number of carbonyl (C=O) groups is 1. The number of methoxy groups -OCH3 is 1. The molecule has 9 heteroatoms. The fourth-order valence-electron chi connectivity index (χ4n) is 3.96. The van der Waals surface area contributed by atoms with Gasteiger partial charge in [-0.3, -0.25) is 4.79 Å². The Morgan fingerprint density at radius 3 is 2.64 bits per heavy atom. The maximum atomic E-state index is 11.4. The number of fused-ring (bicyclic) bond motifs is 2. The Morgan fingerprint density at radius 2 is 1.86 bits per heavy atom. The van der Waals surface area contributed by atoms with Gasteiger partial charge in [0.05, 0.1) is 23.7 Å². The number of carbonyl (C=O) groups excluding carboxylic acids is 1. The van der Waals surface area contributed by atoms with E-state index in [1.54, 1.807) is 13.2 Å². The van der Waals surface area contributed by atoms with E-state index in [1.807, 2.05) is 56.3 Å². The molecule has 0 bridgehead atoms. The summed E-state index contributed by atoms with van der Waals surface area (Å²) in [5.41, 5.74) is 5.25. The fraction of sp³-hybridized carbons (Fsp3) is 0.185. The molecule has 0 unspecified atom stereocenters. The molecule has 0 aliphatic carbocycles. The number of esters is 1. The van der Waals surface area contributed by atoms with Crippen molar-refractivity contribution in [2.24, 2.45) is 0 Å². The molecule has 0 spiro atoms. The number of hydrogen-bond acceptors (Lipinski definition) is 8. The molecular formula is C27H25N5O4. The van der Waals surface area contributed by atoms with Crippen molar-refractivity contribution < 1.29 is 19.0 Å². The first-order valence-corrected chi connectivity index (χ1v) is 11.4. The van der Waals surface area contributed by atoms with Crippen LogP contribution in [0, 0.1) is 13.8 Å². The lowest BCUT2D eigenvalue weighted by molar-refractivity contribution is -0.131. The third-order valence-corrected chi connectivity index (χ3v) is 5.75. The summed E-state index contributed by atoms with van der Waals surface area (Å²) in [6, 6.07) is 15.2.